The number of nitrogens with zero attached hydrogens (tertiary/aromatic N) is 1. The summed E-state index contributed by atoms with van der Waals surface area (Å²) < 4.78 is 16.2. The molecule has 0 aromatic carbocycles. The minimum Gasteiger partial charge on any atom is -0.467 e. The van der Waals surface area contributed by atoms with Crippen molar-refractivity contribution < 1.29 is 28.3 Å². The predicted octanol–water partition coefficient (Wildman–Crippen LogP) is 5.12. The van der Waals surface area contributed by atoms with Crippen LogP contribution in [0, 0.1) is 0 Å². The molecule has 33 heavy (non-hydrogen) atoms. The van der Waals surface area contributed by atoms with Crippen molar-refractivity contribution in [3.05, 3.63) is 45.3 Å². The zero-order valence-corrected chi connectivity index (χ0v) is 20.3. The summed E-state index contributed by atoms with van der Waals surface area (Å²) in [6.45, 7) is 5.29. The second-order valence-corrected chi connectivity index (χ2v) is 9.75. The maximum absolute atomic E-state index is 12.2. The number of thiophene rings is 1. The largest absolute Gasteiger partial charge is 0.467 e. The molecule has 0 bridgehead atoms. The molecule has 1 atom stereocenters. The van der Waals surface area contributed by atoms with E-state index < -0.39 is 23.8 Å². The van der Waals surface area contributed by atoms with E-state index >= 15 is 0 Å². The van der Waals surface area contributed by atoms with Crippen LogP contribution < -0.4 is 15.4 Å². The van der Waals surface area contributed by atoms with Crippen molar-refractivity contribution in [1.29, 1.82) is 0 Å². The van der Waals surface area contributed by atoms with Gasteiger partial charge in [-0.2, -0.15) is 0 Å². The molecule has 0 saturated carbocycles. The first-order valence-corrected chi connectivity index (χ1v) is 11.3. The number of aromatic nitrogens is 1. The zero-order chi connectivity index (χ0) is 24.2. The summed E-state index contributed by atoms with van der Waals surface area (Å²) in [5, 5.41) is 5.38. The number of ether oxygens (including phenoxy) is 2. The molecule has 2 amide bonds. The summed E-state index contributed by atoms with van der Waals surface area (Å²) in [6, 6.07) is 3.92. The van der Waals surface area contributed by atoms with E-state index in [1.807, 2.05) is 0 Å². The highest BCUT2D eigenvalue weighted by molar-refractivity contribution is 7.20. The Balaban J connectivity index is 1.77. The number of carbonyl (C=O) groups is 3. The van der Waals surface area contributed by atoms with Crippen LogP contribution >= 0.6 is 34.5 Å². The van der Waals surface area contributed by atoms with Gasteiger partial charge in [0, 0.05) is 17.4 Å². The van der Waals surface area contributed by atoms with Crippen LogP contribution in [0.4, 0.5) is 9.59 Å². The lowest BCUT2D eigenvalue weighted by Crippen LogP contribution is -2.41. The highest BCUT2D eigenvalue weighted by atomic mass is 35.5. The molecular formula is C21H21Cl2N3O6S. The third kappa shape index (κ3) is 6.83. The highest BCUT2D eigenvalue weighted by Gasteiger charge is 2.23. The van der Waals surface area contributed by atoms with Crippen LogP contribution in [0.3, 0.4) is 0 Å². The molecule has 0 radical (unpaired) electrons. The van der Waals surface area contributed by atoms with E-state index in [0.717, 1.165) is 0 Å². The van der Waals surface area contributed by atoms with Crippen LogP contribution in [0.2, 0.25) is 10.2 Å². The number of furan rings is 1. The number of amides is 2. The highest BCUT2D eigenvalue weighted by Crippen LogP contribution is 2.41. The van der Waals surface area contributed by atoms with Gasteiger partial charge in [-0.3, -0.25) is 0 Å². The van der Waals surface area contributed by atoms with Crippen molar-refractivity contribution in [2.45, 2.75) is 45.4 Å². The fraction of sp³-hybridized carbons (Fsp3) is 0.333. The van der Waals surface area contributed by atoms with E-state index in [9.17, 15) is 14.4 Å². The van der Waals surface area contributed by atoms with Gasteiger partial charge in [-0.15, -0.1) is 11.3 Å². The van der Waals surface area contributed by atoms with Gasteiger partial charge in [-0.1, -0.05) is 23.2 Å². The second kappa shape index (κ2) is 10.4. The van der Waals surface area contributed by atoms with Crippen molar-refractivity contribution in [2.75, 3.05) is 0 Å². The Labute approximate surface area is 203 Å². The Kier molecular flexibility index (Phi) is 7.83. The van der Waals surface area contributed by atoms with Gasteiger partial charge in [0.25, 0.3) is 0 Å². The lowest BCUT2D eigenvalue weighted by Gasteiger charge is -2.21. The lowest BCUT2D eigenvalue weighted by molar-refractivity contribution is -0.109. The average Bonchev–Trinajstić information content (AvgIpc) is 3.34. The standard InChI is InChI=1S/C21H21Cl2N3O6S/c1-21(2,3)32-20(29)25-11(10-27)7-14-16(23)17-18(33-14)13(8-15(22)26-17)31-19(28)24-9-12-5-4-6-30-12/h4-6,8,10-11H,7,9H2,1-3H3,(H,24,28)(H,25,29). The van der Waals surface area contributed by atoms with E-state index in [4.69, 9.17) is 37.1 Å². The molecule has 176 valence electrons. The van der Waals surface area contributed by atoms with Gasteiger partial charge in [0.2, 0.25) is 0 Å². The number of carbonyl (C=O) groups excluding carboxylic acids is 3. The maximum atomic E-state index is 12.2. The molecule has 3 rings (SSSR count). The van der Waals surface area contributed by atoms with E-state index in [1.165, 1.54) is 23.7 Å². The molecule has 12 heteroatoms. The van der Waals surface area contributed by atoms with Crippen molar-refractivity contribution in [3.8, 4) is 5.75 Å². The summed E-state index contributed by atoms with van der Waals surface area (Å²) in [4.78, 5) is 40.6. The minimum atomic E-state index is -0.887. The quantitative estimate of drug-likeness (QED) is 0.332. The Bertz CT molecular complexity index is 1160. The molecule has 0 aliphatic rings. The van der Waals surface area contributed by atoms with E-state index in [1.54, 1.807) is 32.9 Å². The number of alkyl carbamates (subject to hydrolysis) is 1. The Morgan fingerprint density at radius 3 is 2.70 bits per heavy atom. The van der Waals surface area contributed by atoms with Crippen molar-refractivity contribution >= 4 is 63.2 Å². The third-order valence-corrected chi connectivity index (χ3v) is 5.98. The number of hydrogen-bond acceptors (Lipinski definition) is 8. The minimum absolute atomic E-state index is 0.0707. The van der Waals surface area contributed by atoms with Gasteiger partial charge in [0.05, 0.1) is 28.6 Å². The number of pyridine rings is 1. The number of rotatable bonds is 7. The number of halogens is 2. The Morgan fingerprint density at radius 1 is 1.30 bits per heavy atom. The van der Waals surface area contributed by atoms with Crippen LogP contribution in [0.1, 0.15) is 31.4 Å². The molecule has 3 heterocycles. The van der Waals surface area contributed by atoms with Crippen LogP contribution in [0.25, 0.3) is 10.2 Å². The molecule has 0 saturated heterocycles. The number of hydrogen-bond donors (Lipinski definition) is 2. The van der Waals surface area contributed by atoms with E-state index in [0.29, 0.717) is 27.1 Å². The van der Waals surface area contributed by atoms with Crippen LogP contribution in [-0.4, -0.2) is 35.1 Å². The van der Waals surface area contributed by atoms with Crippen molar-refractivity contribution in [1.82, 2.24) is 15.6 Å². The summed E-state index contributed by atoms with van der Waals surface area (Å²) in [6.07, 6.45) is 0.719. The first kappa shape index (κ1) is 24.8. The average molecular weight is 514 g/mol. The van der Waals surface area contributed by atoms with Crippen LogP contribution in [0.15, 0.2) is 28.9 Å². The predicted molar refractivity (Wildman–Crippen MR) is 124 cm³/mol. The Morgan fingerprint density at radius 2 is 2.06 bits per heavy atom. The lowest BCUT2D eigenvalue weighted by atomic mass is 10.2. The fourth-order valence-corrected chi connectivity index (χ4v) is 4.45. The third-order valence-electron chi connectivity index (χ3n) is 4.05. The van der Waals surface area contributed by atoms with Crippen LogP contribution in [-0.2, 0) is 22.5 Å². The Hall–Kier alpha value is -2.82. The molecule has 3 aromatic heterocycles. The molecule has 1 unspecified atom stereocenters. The smallest absolute Gasteiger partial charge is 0.413 e. The molecule has 0 aliphatic carbocycles. The number of aldehydes is 1. The topological polar surface area (TPSA) is 120 Å². The van der Waals surface area contributed by atoms with Gasteiger partial charge < -0.3 is 29.3 Å². The SMILES string of the molecule is CC(C)(C)OC(=O)NC(C=O)Cc1sc2c(OC(=O)NCc3ccco3)cc(Cl)nc2c1Cl. The molecule has 0 spiro atoms. The zero-order valence-electron chi connectivity index (χ0n) is 17.9. The molecule has 9 nitrogen and oxygen atoms in total. The maximum Gasteiger partial charge on any atom is 0.413 e. The summed E-state index contributed by atoms with van der Waals surface area (Å²) in [5.41, 5.74) is -0.392. The summed E-state index contributed by atoms with van der Waals surface area (Å²) in [5.74, 6) is 0.714. The van der Waals surface area contributed by atoms with Crippen molar-refractivity contribution in [2.24, 2.45) is 0 Å². The molecular weight excluding hydrogens is 493 g/mol. The normalized spacial score (nSPS) is 12.3. The van der Waals surface area contributed by atoms with E-state index in [-0.39, 0.29) is 28.9 Å². The fourth-order valence-electron chi connectivity index (χ4n) is 2.74. The first-order chi connectivity index (χ1) is 15.6. The molecule has 0 fully saturated rings. The van der Waals surface area contributed by atoms with Crippen molar-refractivity contribution in [3.63, 3.8) is 0 Å². The van der Waals surface area contributed by atoms with E-state index in [2.05, 4.69) is 15.6 Å². The first-order valence-electron chi connectivity index (χ1n) is 9.76. The van der Waals surface area contributed by atoms with Gasteiger partial charge in [-0.25, -0.2) is 14.6 Å². The van der Waals surface area contributed by atoms with Gasteiger partial charge >= 0.3 is 12.2 Å². The van der Waals surface area contributed by atoms with Gasteiger partial charge in [0.1, 0.15) is 28.3 Å². The second-order valence-electron chi connectivity index (χ2n) is 7.88. The van der Waals surface area contributed by atoms with Gasteiger partial charge in [0.15, 0.2) is 5.75 Å². The monoisotopic (exact) mass is 513 g/mol. The summed E-state index contributed by atoms with van der Waals surface area (Å²) in [7, 11) is 0. The number of nitrogens with one attached hydrogen (secondary N) is 2. The molecule has 0 aliphatic heterocycles. The summed E-state index contributed by atoms with van der Waals surface area (Å²) >= 11 is 13.7. The molecule has 3 aromatic rings. The number of fused-ring (bicyclic) bond motifs is 1. The van der Waals surface area contributed by atoms with Crippen LogP contribution in [0.5, 0.6) is 5.75 Å². The van der Waals surface area contributed by atoms with Gasteiger partial charge in [-0.05, 0) is 32.9 Å². The molecule has 2 N–H and O–H groups in total.